The van der Waals surface area contributed by atoms with Gasteiger partial charge in [-0.05, 0) is 330 Å². The van der Waals surface area contributed by atoms with Gasteiger partial charge in [-0.1, -0.05) is 310 Å². The molecule has 2 aliphatic heterocycles. The molecule has 2 N–H and O–H groups in total. The van der Waals surface area contributed by atoms with E-state index < -0.39 is 17.9 Å². The Morgan fingerprint density at radius 1 is 0.412 bits per heavy atom. The smallest absolute Gasteiger partial charge is 0.311 e. The largest absolute Gasteiger partial charge is 0.487 e. The van der Waals surface area contributed by atoms with Gasteiger partial charge in [-0.15, -0.1) is 0 Å². The van der Waals surface area contributed by atoms with E-state index in [1.165, 1.54) is 274 Å². The number of rotatable bonds is 49. The number of carboxylic acid groups (broad SMARTS) is 1. The summed E-state index contributed by atoms with van der Waals surface area (Å²) in [7, 11) is 0. The van der Waals surface area contributed by atoms with Gasteiger partial charge in [0, 0.05) is 17.5 Å². The van der Waals surface area contributed by atoms with E-state index in [-0.39, 0.29) is 55.1 Å². The number of esters is 3. The van der Waals surface area contributed by atoms with Gasteiger partial charge in [0.2, 0.25) is 0 Å². The van der Waals surface area contributed by atoms with Crippen molar-refractivity contribution in [3.63, 3.8) is 0 Å². The number of allylic oxidation sites excluding steroid dienone is 8. The highest BCUT2D eigenvalue weighted by Gasteiger charge is 2.50. The van der Waals surface area contributed by atoms with Crippen molar-refractivity contribution in [2.24, 2.45) is 70.0 Å². The summed E-state index contributed by atoms with van der Waals surface area (Å²) < 4.78 is 31.2. The average Bonchev–Trinajstić information content (AvgIpc) is 1.30. The fraction of sp³-hybridized carbons (Fsp3) is 0.767. The first-order chi connectivity index (χ1) is 62.4. The molecule has 6 saturated carbocycles. The van der Waals surface area contributed by atoms with Crippen molar-refractivity contribution in [3.8, 4) is 23.0 Å². The molecule has 2 heterocycles. The minimum atomic E-state index is -0.999. The first-order valence-electron chi connectivity index (χ1n) is 54.7. The minimum absolute atomic E-state index is 0.00755. The molecule has 0 aromatic heterocycles. The second kappa shape index (κ2) is 55.1. The lowest BCUT2D eigenvalue weighted by atomic mass is 9.62. The fourth-order valence-electron chi connectivity index (χ4n) is 24.7. The summed E-state index contributed by atoms with van der Waals surface area (Å²) in [5.41, 5.74) is 16.9. The molecule has 0 amide bonds. The molecule has 0 spiro atoms. The van der Waals surface area contributed by atoms with Crippen LogP contribution in [0.4, 0.5) is 0 Å². The molecule has 6 aliphatic carbocycles. The molecular weight excluding hydrogens is 1620 g/mol. The highest BCUT2D eigenvalue weighted by molar-refractivity contribution is 5.81. The van der Waals surface area contributed by atoms with Crippen molar-refractivity contribution in [1.29, 1.82) is 0 Å². The highest BCUT2D eigenvalue weighted by Crippen LogP contribution is 2.61. The molecule has 131 heavy (non-hydrogen) atoms. The summed E-state index contributed by atoms with van der Waals surface area (Å²) in [6.45, 7) is 54.1. The summed E-state index contributed by atoms with van der Waals surface area (Å²) in [6.07, 6.45) is 73.7. The van der Waals surface area contributed by atoms with Crippen molar-refractivity contribution < 1.29 is 53.1 Å². The number of aliphatic carboxylic acids is 1. The van der Waals surface area contributed by atoms with Crippen LogP contribution >= 0.6 is 0 Å². The van der Waals surface area contributed by atoms with Crippen molar-refractivity contribution in [2.45, 2.75) is 521 Å². The van der Waals surface area contributed by atoms with Gasteiger partial charge in [0.1, 0.15) is 40.3 Å². The monoisotopic (exact) mass is 1810 g/mol. The van der Waals surface area contributed by atoms with Crippen LogP contribution in [0.25, 0.3) is 0 Å². The van der Waals surface area contributed by atoms with E-state index in [1.807, 2.05) is 34.6 Å². The summed E-state index contributed by atoms with van der Waals surface area (Å²) in [4.78, 5) is 49.5. The van der Waals surface area contributed by atoms with Gasteiger partial charge in [-0.3, -0.25) is 19.2 Å². The Morgan fingerprint density at radius 3 is 1.20 bits per heavy atom. The third-order valence-electron chi connectivity index (χ3n) is 34.0. The van der Waals surface area contributed by atoms with Crippen LogP contribution in [0.15, 0.2) is 70.9 Å². The first-order valence-corrected chi connectivity index (χ1v) is 54.7. The molecule has 740 valence electrons. The Morgan fingerprint density at radius 2 is 0.786 bits per heavy atom. The summed E-state index contributed by atoms with van der Waals surface area (Å²) in [5, 5.41) is 18.9. The number of benzene rings is 2. The van der Waals surface area contributed by atoms with Crippen LogP contribution in [0.3, 0.4) is 0 Å². The van der Waals surface area contributed by atoms with Crippen LogP contribution < -0.4 is 18.9 Å². The standard InChI is InChI=1S/C60H96O5.C33H54O5.C27H44O/c1-12-13-14-15-16-17-28-51-32-34-54-49(27-21-39-60(51,54)11)30-31-50-41-52(33-29-45(50)6)63-55(61)35-36-56(62)64-57-46(7)47(8)58-53(48(57)9)37-40-59(10,65-58)38-20-26-44(5)25-19-24-43(4)23-18-22-42(2)3;1-22(2)12-9-13-23(3)14-10-15-24(4)16-11-20-33(8)21-19-28-27(7)31(25(5)26(6)32(28)38-33)37-30(36)18-17-29(34)35;1-4-5-6-7-8-9-12-24-16-18-26-22(11-10-19-27(24,26)3)14-15-23-20-25(28)17-13-21(23)2/h30-31,42-44,51-52,54H,6,12-29,32-41H2,1-5,7-11H3;22-24H,9-21H2,1-8H3,(H,34,35);14-15,24-26,28H,2,4-13,16-20H2,1,3H3/b49-30-,50-31+;;22-14-,23-15+. The molecule has 11 heteroatoms. The summed E-state index contributed by atoms with van der Waals surface area (Å²) in [5.74, 6) is 8.97. The SMILES string of the molecule is C=C1CCC(O)C/C1=C\C=C1\CCCC2(C)C(CCCCCCCC)CCC12.C=C1CCC(OC(=O)CCC(=O)Oc2c(C)c(C)c3c(c2C)CCC(C)(CCCC(C)CCCC(C)CCCC(C)C)O3)C/C1=C\C=C1\CCCC2(C)C(CCCCCCCC)CCC12.Cc1c(C)c2c(c(C)c1OC(=O)CCC(=O)O)CCC(C)(CCCC(C)CCCC(C)CCCC(C)C)O2. The molecule has 2 aromatic carbocycles. The molecular formula is C120H194O11. The molecule has 14 unspecified atom stereocenters. The topological polar surface area (TPSA) is 155 Å². The van der Waals surface area contributed by atoms with Crippen LogP contribution in [-0.2, 0) is 36.8 Å². The third-order valence-corrected chi connectivity index (χ3v) is 34.0. The molecule has 0 saturated heterocycles. The Bertz CT molecular complexity index is 4060. The zero-order valence-electron chi connectivity index (χ0n) is 87.8. The van der Waals surface area contributed by atoms with Crippen LogP contribution in [-0.4, -0.2) is 57.5 Å². The van der Waals surface area contributed by atoms with Crippen molar-refractivity contribution in [3.05, 3.63) is 115 Å². The normalized spacial score (nSPS) is 26.3. The van der Waals surface area contributed by atoms with E-state index >= 15 is 0 Å². The van der Waals surface area contributed by atoms with Gasteiger partial charge in [0.25, 0.3) is 0 Å². The molecule has 14 atom stereocenters. The summed E-state index contributed by atoms with van der Waals surface area (Å²) in [6, 6.07) is 0. The Balaban J connectivity index is 0.000000269. The molecule has 11 nitrogen and oxygen atoms in total. The number of aliphatic hydroxyl groups is 1. The quantitative estimate of drug-likeness (QED) is 0.0369. The molecule has 2 aromatic rings. The number of fused-ring (bicyclic) bond motifs is 4. The Kier molecular flexibility index (Phi) is 46.5. The summed E-state index contributed by atoms with van der Waals surface area (Å²) >= 11 is 0. The van der Waals surface area contributed by atoms with Gasteiger partial charge in [0.05, 0.1) is 31.8 Å². The Labute approximate surface area is 802 Å². The number of aliphatic hydroxyl groups excluding tert-OH is 1. The maximum Gasteiger partial charge on any atom is 0.311 e. The van der Waals surface area contributed by atoms with Gasteiger partial charge >= 0.3 is 23.9 Å². The van der Waals surface area contributed by atoms with E-state index in [2.05, 4.69) is 141 Å². The van der Waals surface area contributed by atoms with Crippen molar-refractivity contribution >= 4 is 23.9 Å². The lowest BCUT2D eigenvalue weighted by Gasteiger charge is -2.42. The van der Waals surface area contributed by atoms with Crippen LogP contribution in [0.5, 0.6) is 23.0 Å². The molecule has 10 rings (SSSR count). The van der Waals surface area contributed by atoms with Gasteiger partial charge < -0.3 is 33.9 Å². The average molecular weight is 1810 g/mol. The molecule has 8 aliphatic rings. The molecule has 0 radical (unpaired) electrons. The van der Waals surface area contributed by atoms with Gasteiger partial charge in [-0.2, -0.15) is 0 Å². The van der Waals surface area contributed by atoms with Gasteiger partial charge in [-0.25, -0.2) is 0 Å². The third kappa shape index (κ3) is 34.5. The number of hydrogen-bond donors (Lipinski definition) is 2. The predicted molar refractivity (Wildman–Crippen MR) is 549 cm³/mol. The number of ether oxygens (including phenoxy) is 5. The highest BCUT2D eigenvalue weighted by atomic mass is 16.6. The number of carbonyl (C=O) groups excluding carboxylic acids is 3. The zero-order valence-corrected chi connectivity index (χ0v) is 87.8. The van der Waals surface area contributed by atoms with E-state index in [0.29, 0.717) is 34.7 Å². The van der Waals surface area contributed by atoms with E-state index in [0.717, 1.165) is 185 Å². The maximum absolute atomic E-state index is 13.3. The van der Waals surface area contributed by atoms with E-state index in [1.54, 1.807) is 11.1 Å². The predicted octanol–water partition coefficient (Wildman–Crippen LogP) is 34.1. The number of hydrogen-bond acceptors (Lipinski definition) is 10. The van der Waals surface area contributed by atoms with E-state index in [9.17, 15) is 24.3 Å². The van der Waals surface area contributed by atoms with Crippen LogP contribution in [0.1, 0.15) is 488 Å². The molecule has 6 fully saturated rings. The van der Waals surface area contributed by atoms with Gasteiger partial charge in [0.15, 0.2) is 0 Å². The number of carboxylic acids is 1. The van der Waals surface area contributed by atoms with E-state index in [4.69, 9.17) is 28.8 Å². The number of carbonyl (C=O) groups is 4. The van der Waals surface area contributed by atoms with Crippen LogP contribution in [0, 0.1) is 112 Å². The Hall–Kier alpha value is -5.68. The van der Waals surface area contributed by atoms with Crippen molar-refractivity contribution in [2.75, 3.05) is 0 Å². The van der Waals surface area contributed by atoms with Crippen molar-refractivity contribution in [1.82, 2.24) is 0 Å². The first kappa shape index (κ1) is 111. The maximum atomic E-state index is 13.3. The second-order valence-electron chi connectivity index (χ2n) is 46.0. The lowest BCUT2D eigenvalue weighted by molar-refractivity contribution is -0.152. The van der Waals surface area contributed by atoms with Crippen LogP contribution in [0.2, 0.25) is 0 Å². The zero-order chi connectivity index (χ0) is 95.6. The molecule has 0 bridgehead atoms. The second-order valence-corrected chi connectivity index (χ2v) is 46.0. The minimum Gasteiger partial charge on any atom is -0.487 e. The number of unbranched alkanes of at least 4 members (excludes halogenated alkanes) is 10. The lowest BCUT2D eigenvalue weighted by Crippen LogP contribution is -2.37. The fourth-order valence-corrected chi connectivity index (χ4v) is 24.7.